The van der Waals surface area contributed by atoms with Crippen molar-refractivity contribution in [3.8, 4) is 17.1 Å². The van der Waals surface area contributed by atoms with Crippen molar-refractivity contribution in [2.45, 2.75) is 0 Å². The van der Waals surface area contributed by atoms with Crippen molar-refractivity contribution in [2.75, 3.05) is 0 Å². The summed E-state index contributed by atoms with van der Waals surface area (Å²) in [6.45, 7) is 0. The summed E-state index contributed by atoms with van der Waals surface area (Å²) < 4.78 is 0. The van der Waals surface area contributed by atoms with Gasteiger partial charge in [0.25, 0.3) is 0 Å². The van der Waals surface area contributed by atoms with Gasteiger partial charge in [0.1, 0.15) is 0 Å². The Hall–Kier alpha value is -1.42. The molecule has 3 nitrogen and oxygen atoms in total. The Labute approximate surface area is 127 Å². The molecular formula is C14H9N2NaO. The van der Waals surface area contributed by atoms with E-state index in [2.05, 4.69) is 9.97 Å². The number of hydrogen-bond donors (Lipinski definition) is 0. The average molecular weight is 244 g/mol. The Bertz CT molecular complexity index is 671. The Morgan fingerprint density at radius 1 is 0.833 bits per heavy atom. The van der Waals surface area contributed by atoms with Crippen LogP contribution in [0.1, 0.15) is 0 Å². The van der Waals surface area contributed by atoms with Gasteiger partial charge in [-0.2, -0.15) is 0 Å². The summed E-state index contributed by atoms with van der Waals surface area (Å²) >= 11 is 0. The van der Waals surface area contributed by atoms with Crippen molar-refractivity contribution in [1.29, 1.82) is 0 Å². The second kappa shape index (κ2) is 5.48. The zero-order valence-corrected chi connectivity index (χ0v) is 12.0. The minimum absolute atomic E-state index is 0. The minimum Gasteiger partial charge on any atom is -0.871 e. The molecule has 1 aromatic carbocycles. The molecule has 0 saturated carbocycles. The molecule has 0 saturated heterocycles. The standard InChI is InChI=1S/C14H10N2O.Na/c17-13-6-3-4-10-7-8-12(16-14(10)13)11-5-1-2-9-15-11;/h1-9,17H;/q;+1/p-1. The predicted octanol–water partition coefficient (Wildman–Crippen LogP) is -0.626. The van der Waals surface area contributed by atoms with Gasteiger partial charge in [0.05, 0.1) is 16.9 Å². The van der Waals surface area contributed by atoms with E-state index in [-0.39, 0.29) is 35.3 Å². The van der Waals surface area contributed by atoms with E-state index in [1.165, 1.54) is 6.07 Å². The molecular weight excluding hydrogens is 235 g/mol. The van der Waals surface area contributed by atoms with Gasteiger partial charge < -0.3 is 5.11 Å². The maximum Gasteiger partial charge on any atom is 1.00 e. The molecule has 0 spiro atoms. The molecule has 3 aromatic rings. The van der Waals surface area contributed by atoms with Crippen LogP contribution in [0.2, 0.25) is 0 Å². The maximum absolute atomic E-state index is 11.7. The molecule has 2 heterocycles. The number of hydrogen-bond acceptors (Lipinski definition) is 3. The molecule has 4 heteroatoms. The summed E-state index contributed by atoms with van der Waals surface area (Å²) in [5, 5.41) is 12.5. The molecule has 0 fully saturated rings. The van der Waals surface area contributed by atoms with E-state index in [1.807, 2.05) is 36.4 Å². The second-order valence-electron chi connectivity index (χ2n) is 3.74. The summed E-state index contributed by atoms with van der Waals surface area (Å²) in [6, 6.07) is 14.6. The van der Waals surface area contributed by atoms with Crippen LogP contribution in [0.15, 0.2) is 54.7 Å². The summed E-state index contributed by atoms with van der Waals surface area (Å²) in [5.41, 5.74) is 2.00. The van der Waals surface area contributed by atoms with E-state index in [4.69, 9.17) is 0 Å². The van der Waals surface area contributed by atoms with Gasteiger partial charge in [-0.15, -0.1) is 0 Å². The number of rotatable bonds is 1. The first-order chi connectivity index (χ1) is 8.34. The van der Waals surface area contributed by atoms with E-state index in [1.54, 1.807) is 12.3 Å². The first-order valence-electron chi connectivity index (χ1n) is 5.33. The number of aromatic nitrogens is 2. The van der Waals surface area contributed by atoms with Crippen molar-refractivity contribution >= 4 is 10.9 Å². The fourth-order valence-corrected chi connectivity index (χ4v) is 1.78. The molecule has 0 amide bonds. The molecule has 0 radical (unpaired) electrons. The number of nitrogens with zero attached hydrogens (tertiary/aromatic N) is 2. The topological polar surface area (TPSA) is 48.8 Å². The van der Waals surface area contributed by atoms with Crippen LogP contribution in [0.4, 0.5) is 0 Å². The van der Waals surface area contributed by atoms with Crippen LogP contribution in [0, 0.1) is 0 Å². The van der Waals surface area contributed by atoms with Gasteiger partial charge in [-0.3, -0.25) is 4.98 Å². The zero-order valence-electron chi connectivity index (χ0n) is 10.00. The fraction of sp³-hybridized carbons (Fsp3) is 0. The van der Waals surface area contributed by atoms with Crippen LogP contribution < -0.4 is 34.7 Å². The maximum atomic E-state index is 11.7. The summed E-state index contributed by atoms with van der Waals surface area (Å²) in [5.74, 6) is -0.0553. The largest absolute Gasteiger partial charge is 1.00 e. The van der Waals surface area contributed by atoms with Crippen LogP contribution in [0.25, 0.3) is 22.3 Å². The van der Waals surface area contributed by atoms with Gasteiger partial charge in [0, 0.05) is 6.20 Å². The summed E-state index contributed by atoms with van der Waals surface area (Å²) in [7, 11) is 0. The third-order valence-electron chi connectivity index (χ3n) is 2.61. The Balaban J connectivity index is 0.00000120. The van der Waals surface area contributed by atoms with Gasteiger partial charge in [0.15, 0.2) is 0 Å². The fourth-order valence-electron chi connectivity index (χ4n) is 1.78. The van der Waals surface area contributed by atoms with Gasteiger partial charge in [0.2, 0.25) is 0 Å². The quantitative estimate of drug-likeness (QED) is 0.536. The molecule has 0 bridgehead atoms. The molecule has 0 aliphatic carbocycles. The van der Waals surface area contributed by atoms with Gasteiger partial charge >= 0.3 is 29.6 Å². The monoisotopic (exact) mass is 244 g/mol. The summed E-state index contributed by atoms with van der Waals surface area (Å²) in [4.78, 5) is 8.59. The van der Waals surface area contributed by atoms with Crippen molar-refractivity contribution in [3.63, 3.8) is 0 Å². The van der Waals surface area contributed by atoms with Crippen molar-refractivity contribution in [1.82, 2.24) is 9.97 Å². The molecule has 18 heavy (non-hydrogen) atoms. The predicted molar refractivity (Wildman–Crippen MR) is 64.4 cm³/mol. The van der Waals surface area contributed by atoms with E-state index in [9.17, 15) is 5.11 Å². The smallest absolute Gasteiger partial charge is 0.871 e. The van der Waals surface area contributed by atoms with E-state index in [0.29, 0.717) is 5.52 Å². The van der Waals surface area contributed by atoms with Crippen LogP contribution in [-0.4, -0.2) is 9.97 Å². The molecule has 3 rings (SSSR count). The third kappa shape index (κ3) is 2.38. The van der Waals surface area contributed by atoms with Crippen LogP contribution in [0.5, 0.6) is 5.75 Å². The number of benzene rings is 1. The SMILES string of the molecule is [Na+].[O-]c1cccc2ccc(-c3ccccn3)nc12. The van der Waals surface area contributed by atoms with Crippen LogP contribution >= 0.6 is 0 Å². The molecule has 0 aliphatic rings. The number of para-hydroxylation sites is 1. The Morgan fingerprint density at radius 3 is 2.50 bits per heavy atom. The molecule has 82 valence electrons. The number of pyridine rings is 2. The Morgan fingerprint density at radius 2 is 1.72 bits per heavy atom. The summed E-state index contributed by atoms with van der Waals surface area (Å²) in [6.07, 6.45) is 1.71. The van der Waals surface area contributed by atoms with Crippen LogP contribution in [0.3, 0.4) is 0 Å². The van der Waals surface area contributed by atoms with E-state index in [0.717, 1.165) is 16.8 Å². The van der Waals surface area contributed by atoms with E-state index < -0.39 is 0 Å². The Kier molecular flexibility index (Phi) is 3.97. The third-order valence-corrected chi connectivity index (χ3v) is 2.61. The first-order valence-corrected chi connectivity index (χ1v) is 5.33. The first kappa shape index (κ1) is 13.0. The number of fused-ring (bicyclic) bond motifs is 1. The normalized spacial score (nSPS) is 10.0. The molecule has 0 unspecified atom stereocenters. The molecule has 2 aromatic heterocycles. The zero-order chi connectivity index (χ0) is 11.7. The van der Waals surface area contributed by atoms with Crippen molar-refractivity contribution in [3.05, 3.63) is 54.7 Å². The van der Waals surface area contributed by atoms with Crippen molar-refractivity contribution in [2.24, 2.45) is 0 Å². The molecule has 0 aliphatic heterocycles. The second-order valence-corrected chi connectivity index (χ2v) is 3.74. The van der Waals surface area contributed by atoms with Gasteiger partial charge in [-0.1, -0.05) is 36.1 Å². The molecule has 0 atom stereocenters. The average Bonchev–Trinajstić information content (AvgIpc) is 2.40. The van der Waals surface area contributed by atoms with Crippen molar-refractivity contribution < 1.29 is 34.7 Å². The van der Waals surface area contributed by atoms with Gasteiger partial charge in [-0.05, 0) is 23.6 Å². The molecule has 0 N–H and O–H groups in total. The van der Waals surface area contributed by atoms with E-state index >= 15 is 0 Å². The van der Waals surface area contributed by atoms with Crippen LogP contribution in [-0.2, 0) is 0 Å². The minimum atomic E-state index is -0.0553. The van der Waals surface area contributed by atoms with Gasteiger partial charge in [-0.25, -0.2) is 4.98 Å².